The van der Waals surface area contributed by atoms with Crippen molar-refractivity contribution < 1.29 is 9.53 Å². The maximum Gasteiger partial charge on any atom is 0.346 e. The quantitative estimate of drug-likeness (QED) is 0.453. The summed E-state index contributed by atoms with van der Waals surface area (Å²) in [6.45, 7) is 4.46. The first-order valence-corrected chi connectivity index (χ1v) is 8.29. The smallest absolute Gasteiger partial charge is 0.346 e. The van der Waals surface area contributed by atoms with Crippen LogP contribution in [-0.4, -0.2) is 20.9 Å². The molecular formula is C18H24N4O2. The topological polar surface area (TPSA) is 91.0 Å². The average Bonchev–Trinajstić information content (AvgIpc) is 2.55. The maximum absolute atomic E-state index is 12.4. The van der Waals surface area contributed by atoms with Crippen LogP contribution in [0.2, 0.25) is 0 Å². The van der Waals surface area contributed by atoms with Crippen molar-refractivity contribution in [2.45, 2.75) is 46.0 Å². The zero-order valence-corrected chi connectivity index (χ0v) is 14.2. The summed E-state index contributed by atoms with van der Waals surface area (Å²) in [5, 5.41) is 0. The number of unbranched alkanes of at least 4 members (excludes halogenated alkanes) is 2. The summed E-state index contributed by atoms with van der Waals surface area (Å²) in [6, 6.07) is 5.23. The summed E-state index contributed by atoms with van der Waals surface area (Å²) >= 11 is 0. The van der Waals surface area contributed by atoms with E-state index in [2.05, 4.69) is 28.8 Å². The van der Waals surface area contributed by atoms with Gasteiger partial charge in [-0.3, -0.25) is 0 Å². The molecule has 2 rings (SSSR count). The third-order valence-electron chi connectivity index (χ3n) is 3.73. The van der Waals surface area contributed by atoms with Crippen LogP contribution < -0.4 is 10.5 Å². The van der Waals surface area contributed by atoms with Gasteiger partial charge >= 0.3 is 12.0 Å². The van der Waals surface area contributed by atoms with Crippen LogP contribution >= 0.6 is 0 Å². The van der Waals surface area contributed by atoms with Gasteiger partial charge in [-0.05, 0) is 42.5 Å². The molecule has 2 aromatic rings. The van der Waals surface area contributed by atoms with Gasteiger partial charge in [-0.25, -0.2) is 9.78 Å². The highest BCUT2D eigenvalue weighted by Gasteiger charge is 2.15. The number of aromatic nitrogens is 3. The van der Waals surface area contributed by atoms with E-state index < -0.39 is 5.97 Å². The summed E-state index contributed by atoms with van der Waals surface area (Å²) in [6.07, 6.45) is 7.94. The van der Waals surface area contributed by atoms with Gasteiger partial charge < -0.3 is 10.5 Å². The van der Waals surface area contributed by atoms with Crippen molar-refractivity contribution in [1.29, 1.82) is 0 Å². The monoisotopic (exact) mass is 328 g/mol. The van der Waals surface area contributed by atoms with E-state index in [1.807, 2.05) is 6.07 Å². The van der Waals surface area contributed by atoms with Gasteiger partial charge in [0.25, 0.3) is 0 Å². The molecule has 1 aromatic carbocycles. The summed E-state index contributed by atoms with van der Waals surface area (Å²) in [5.74, 6) is 0.252. The standard InChI is InChI=1S/C18H24N4O2/c1-13(2)6-4-3-5-7-14-10-15(19)8-9-16(14)17(23)24-18-21-11-20-12-22-18/h8-13H,3-7,19H2,1-2H3. The van der Waals surface area contributed by atoms with Gasteiger partial charge in [-0.15, -0.1) is 0 Å². The Bertz CT molecular complexity index is 659. The van der Waals surface area contributed by atoms with E-state index in [0.717, 1.165) is 30.7 Å². The molecule has 0 unspecified atom stereocenters. The number of aryl methyl sites for hydroxylation is 1. The Kier molecular flexibility index (Phi) is 6.66. The molecule has 128 valence electrons. The Morgan fingerprint density at radius 3 is 2.62 bits per heavy atom. The van der Waals surface area contributed by atoms with Crippen LogP contribution in [0, 0.1) is 5.92 Å². The molecule has 0 aliphatic rings. The Balaban J connectivity index is 2.00. The van der Waals surface area contributed by atoms with E-state index in [4.69, 9.17) is 10.5 Å². The average molecular weight is 328 g/mol. The third-order valence-corrected chi connectivity index (χ3v) is 3.73. The molecule has 0 radical (unpaired) electrons. The van der Waals surface area contributed by atoms with Crippen LogP contribution in [0.3, 0.4) is 0 Å². The van der Waals surface area contributed by atoms with E-state index in [1.54, 1.807) is 12.1 Å². The van der Waals surface area contributed by atoms with Crippen molar-refractivity contribution in [1.82, 2.24) is 15.0 Å². The molecule has 0 fully saturated rings. The molecule has 0 aliphatic carbocycles. The summed E-state index contributed by atoms with van der Waals surface area (Å²) in [7, 11) is 0. The summed E-state index contributed by atoms with van der Waals surface area (Å²) < 4.78 is 5.20. The number of esters is 1. The molecular weight excluding hydrogens is 304 g/mol. The highest BCUT2D eigenvalue weighted by atomic mass is 16.5. The van der Waals surface area contributed by atoms with Crippen molar-refractivity contribution in [3.63, 3.8) is 0 Å². The van der Waals surface area contributed by atoms with E-state index in [9.17, 15) is 4.79 Å². The number of nitrogens with two attached hydrogens (primary N) is 1. The lowest BCUT2D eigenvalue weighted by atomic mass is 9.98. The molecule has 0 amide bonds. The number of rotatable bonds is 8. The van der Waals surface area contributed by atoms with Gasteiger partial charge in [-0.1, -0.05) is 33.1 Å². The van der Waals surface area contributed by atoms with Crippen molar-refractivity contribution >= 4 is 11.7 Å². The number of benzene rings is 1. The zero-order chi connectivity index (χ0) is 17.4. The van der Waals surface area contributed by atoms with E-state index >= 15 is 0 Å². The molecule has 0 spiro atoms. The normalized spacial score (nSPS) is 10.8. The van der Waals surface area contributed by atoms with Gasteiger partial charge in [0.05, 0.1) is 5.56 Å². The van der Waals surface area contributed by atoms with Gasteiger partial charge in [0.15, 0.2) is 0 Å². The first-order chi connectivity index (χ1) is 11.6. The largest absolute Gasteiger partial charge is 0.399 e. The number of nitrogen functional groups attached to an aromatic ring is 1. The molecule has 0 saturated carbocycles. The minimum absolute atomic E-state index is 0.00490. The first kappa shape index (κ1) is 17.8. The number of carbonyl (C=O) groups excluding carboxylic acids is 1. The predicted octanol–water partition coefficient (Wildman–Crippen LogP) is 3.43. The highest BCUT2D eigenvalue weighted by Crippen LogP contribution is 2.19. The molecule has 6 nitrogen and oxygen atoms in total. The van der Waals surface area contributed by atoms with E-state index in [-0.39, 0.29) is 6.01 Å². The van der Waals surface area contributed by atoms with Crippen LogP contribution in [0.5, 0.6) is 6.01 Å². The second kappa shape index (κ2) is 8.96. The van der Waals surface area contributed by atoms with Crippen LogP contribution in [0.25, 0.3) is 0 Å². The maximum atomic E-state index is 12.4. The molecule has 0 aliphatic heterocycles. The number of anilines is 1. The SMILES string of the molecule is CC(C)CCCCCc1cc(N)ccc1C(=O)Oc1ncncn1. The van der Waals surface area contributed by atoms with Gasteiger partial charge in [0.2, 0.25) is 0 Å². The van der Waals surface area contributed by atoms with E-state index in [0.29, 0.717) is 11.3 Å². The molecule has 0 saturated heterocycles. The van der Waals surface area contributed by atoms with Gasteiger partial charge in [-0.2, -0.15) is 9.97 Å². The molecule has 1 heterocycles. The highest BCUT2D eigenvalue weighted by molar-refractivity contribution is 5.92. The molecule has 0 atom stereocenters. The fourth-order valence-electron chi connectivity index (χ4n) is 2.48. The number of nitrogens with zero attached hydrogens (tertiary/aromatic N) is 3. The van der Waals surface area contributed by atoms with Gasteiger partial charge in [0, 0.05) is 5.69 Å². The molecule has 2 N–H and O–H groups in total. The number of ether oxygens (including phenoxy) is 1. The minimum Gasteiger partial charge on any atom is -0.399 e. The lowest BCUT2D eigenvalue weighted by molar-refractivity contribution is 0.0718. The van der Waals surface area contributed by atoms with Gasteiger partial charge in [0.1, 0.15) is 12.7 Å². The first-order valence-electron chi connectivity index (χ1n) is 8.29. The molecule has 1 aromatic heterocycles. The summed E-state index contributed by atoms with van der Waals surface area (Å²) in [4.78, 5) is 23.7. The van der Waals surface area contributed by atoms with Crippen molar-refractivity contribution in [2.24, 2.45) is 5.92 Å². The van der Waals surface area contributed by atoms with Crippen molar-refractivity contribution in [3.05, 3.63) is 42.0 Å². The third kappa shape index (κ3) is 5.61. The second-order valence-corrected chi connectivity index (χ2v) is 6.22. The van der Waals surface area contributed by atoms with Crippen molar-refractivity contribution in [3.8, 4) is 6.01 Å². The number of hydrogen-bond acceptors (Lipinski definition) is 6. The Hall–Kier alpha value is -2.50. The molecule has 24 heavy (non-hydrogen) atoms. The fourth-order valence-corrected chi connectivity index (χ4v) is 2.48. The van der Waals surface area contributed by atoms with Crippen LogP contribution in [0.1, 0.15) is 55.5 Å². The summed E-state index contributed by atoms with van der Waals surface area (Å²) in [5.41, 5.74) is 7.92. The Labute approximate surface area is 142 Å². The molecule has 0 bridgehead atoms. The number of carbonyl (C=O) groups is 1. The Morgan fingerprint density at radius 1 is 1.17 bits per heavy atom. The second-order valence-electron chi connectivity index (χ2n) is 6.22. The van der Waals surface area contributed by atoms with E-state index in [1.165, 1.54) is 25.5 Å². The van der Waals surface area contributed by atoms with Crippen LogP contribution in [0.4, 0.5) is 5.69 Å². The fraction of sp³-hybridized carbons (Fsp3) is 0.444. The van der Waals surface area contributed by atoms with Crippen LogP contribution in [-0.2, 0) is 6.42 Å². The predicted molar refractivity (Wildman–Crippen MR) is 92.6 cm³/mol. The number of hydrogen-bond donors (Lipinski definition) is 1. The van der Waals surface area contributed by atoms with Crippen LogP contribution in [0.15, 0.2) is 30.9 Å². The Morgan fingerprint density at radius 2 is 1.92 bits per heavy atom. The lowest BCUT2D eigenvalue weighted by Gasteiger charge is -2.10. The minimum atomic E-state index is -0.474. The van der Waals surface area contributed by atoms with Crippen molar-refractivity contribution in [2.75, 3.05) is 5.73 Å². The zero-order valence-electron chi connectivity index (χ0n) is 14.2. The lowest BCUT2D eigenvalue weighted by Crippen LogP contribution is -2.13. The molecule has 6 heteroatoms.